The second-order valence-corrected chi connectivity index (χ2v) is 4.40. The Bertz CT molecular complexity index is 430. The van der Waals surface area contributed by atoms with E-state index in [9.17, 15) is 0 Å². The van der Waals surface area contributed by atoms with E-state index < -0.39 is 0 Å². The van der Waals surface area contributed by atoms with Gasteiger partial charge in [-0.1, -0.05) is 0 Å². The highest BCUT2D eigenvalue weighted by molar-refractivity contribution is 5.49. The number of pyridine rings is 2. The molecule has 0 N–H and O–H groups in total. The van der Waals surface area contributed by atoms with Crippen LogP contribution in [0.3, 0.4) is 0 Å². The topological polar surface area (TPSA) is 32.3 Å². The van der Waals surface area contributed by atoms with Crippen LogP contribution in [0.15, 0.2) is 49.1 Å². The Labute approximate surface area is 107 Å². The van der Waals surface area contributed by atoms with Gasteiger partial charge in [-0.3, -0.25) is 9.97 Å². The maximum Gasteiger partial charge on any atom is 0.0553 e. The molecule has 3 heterocycles. The van der Waals surface area contributed by atoms with E-state index in [4.69, 9.17) is 0 Å². The number of piperazine rings is 1. The molecule has 18 heavy (non-hydrogen) atoms. The van der Waals surface area contributed by atoms with E-state index in [1.165, 1.54) is 11.4 Å². The summed E-state index contributed by atoms with van der Waals surface area (Å²) in [7, 11) is 0. The van der Waals surface area contributed by atoms with Crippen molar-refractivity contribution < 1.29 is 0 Å². The molecule has 2 aromatic rings. The minimum Gasteiger partial charge on any atom is -0.367 e. The average Bonchev–Trinajstić information content (AvgIpc) is 2.49. The number of nitrogens with zero attached hydrogens (tertiary/aromatic N) is 4. The smallest absolute Gasteiger partial charge is 0.0553 e. The summed E-state index contributed by atoms with van der Waals surface area (Å²) in [6.07, 6.45) is 7.49. The van der Waals surface area contributed by atoms with Gasteiger partial charge in [-0.25, -0.2) is 0 Å². The molecule has 1 aliphatic heterocycles. The molecular weight excluding hydrogens is 224 g/mol. The Morgan fingerprint density at radius 2 is 1.17 bits per heavy atom. The molecule has 1 aliphatic rings. The van der Waals surface area contributed by atoms with Crippen molar-refractivity contribution in [2.45, 2.75) is 0 Å². The minimum atomic E-state index is 1.03. The number of anilines is 2. The van der Waals surface area contributed by atoms with Crippen LogP contribution in [0.4, 0.5) is 11.4 Å². The van der Waals surface area contributed by atoms with Gasteiger partial charge in [-0.15, -0.1) is 0 Å². The summed E-state index contributed by atoms with van der Waals surface area (Å²) >= 11 is 0. The van der Waals surface area contributed by atoms with Crippen molar-refractivity contribution >= 4 is 11.4 Å². The molecule has 4 heteroatoms. The van der Waals surface area contributed by atoms with Gasteiger partial charge in [0.1, 0.15) is 0 Å². The zero-order chi connectivity index (χ0) is 12.2. The van der Waals surface area contributed by atoms with E-state index in [1.54, 1.807) is 0 Å². The summed E-state index contributed by atoms with van der Waals surface area (Å²) < 4.78 is 0. The predicted octanol–water partition coefficient (Wildman–Crippen LogP) is 1.80. The van der Waals surface area contributed by atoms with Crippen LogP contribution in [0, 0.1) is 0 Å². The molecule has 0 atom stereocenters. The van der Waals surface area contributed by atoms with E-state index in [0.717, 1.165) is 26.2 Å². The van der Waals surface area contributed by atoms with Gasteiger partial charge in [0.15, 0.2) is 0 Å². The fourth-order valence-electron chi connectivity index (χ4n) is 2.30. The third-order valence-corrected chi connectivity index (χ3v) is 3.30. The van der Waals surface area contributed by atoms with Crippen LogP contribution in [0.25, 0.3) is 0 Å². The summed E-state index contributed by atoms with van der Waals surface area (Å²) in [6, 6.07) is 8.21. The molecule has 0 radical (unpaired) electrons. The lowest BCUT2D eigenvalue weighted by Crippen LogP contribution is -2.46. The van der Waals surface area contributed by atoms with Crippen LogP contribution in [0.5, 0.6) is 0 Å². The Morgan fingerprint density at radius 3 is 1.50 bits per heavy atom. The van der Waals surface area contributed by atoms with Crippen molar-refractivity contribution in [2.75, 3.05) is 36.0 Å². The van der Waals surface area contributed by atoms with Crippen LogP contribution in [-0.2, 0) is 0 Å². The van der Waals surface area contributed by atoms with Crippen LogP contribution in [-0.4, -0.2) is 36.1 Å². The van der Waals surface area contributed by atoms with Crippen molar-refractivity contribution in [2.24, 2.45) is 0 Å². The van der Waals surface area contributed by atoms with Crippen molar-refractivity contribution in [3.8, 4) is 0 Å². The lowest BCUT2D eigenvalue weighted by atomic mass is 10.2. The van der Waals surface area contributed by atoms with Crippen LogP contribution in [0.2, 0.25) is 0 Å². The highest BCUT2D eigenvalue weighted by Crippen LogP contribution is 2.18. The van der Waals surface area contributed by atoms with Crippen molar-refractivity contribution in [1.29, 1.82) is 0 Å². The zero-order valence-corrected chi connectivity index (χ0v) is 10.2. The van der Waals surface area contributed by atoms with E-state index in [1.807, 2.05) is 36.9 Å². The monoisotopic (exact) mass is 240 g/mol. The largest absolute Gasteiger partial charge is 0.367 e. The second kappa shape index (κ2) is 5.04. The SMILES string of the molecule is c1cncc(N2CCN(c3cccnc3)CC2)c1. The third kappa shape index (κ3) is 2.27. The molecule has 3 rings (SSSR count). The molecule has 0 spiro atoms. The van der Waals surface area contributed by atoms with E-state index >= 15 is 0 Å². The molecule has 0 unspecified atom stereocenters. The van der Waals surface area contributed by atoms with Crippen LogP contribution >= 0.6 is 0 Å². The first-order chi connectivity index (χ1) is 8.93. The van der Waals surface area contributed by atoms with Crippen molar-refractivity contribution in [3.05, 3.63) is 49.1 Å². The first-order valence-electron chi connectivity index (χ1n) is 6.23. The summed E-state index contributed by atoms with van der Waals surface area (Å²) in [5.41, 5.74) is 2.42. The number of rotatable bonds is 2. The number of aromatic nitrogens is 2. The molecule has 0 aromatic carbocycles. The van der Waals surface area contributed by atoms with Gasteiger partial charge in [-0.05, 0) is 24.3 Å². The Hall–Kier alpha value is -2.10. The molecule has 2 aromatic heterocycles. The molecule has 0 aliphatic carbocycles. The molecule has 4 nitrogen and oxygen atoms in total. The molecule has 1 saturated heterocycles. The standard InChI is InChI=1S/C14H16N4/c1-3-13(11-15-5-1)17-7-9-18(10-8-17)14-4-2-6-16-12-14/h1-6,11-12H,7-10H2. The minimum absolute atomic E-state index is 1.03. The van der Waals surface area contributed by atoms with Gasteiger partial charge >= 0.3 is 0 Å². The maximum atomic E-state index is 4.17. The van der Waals surface area contributed by atoms with Gasteiger partial charge in [0.05, 0.1) is 23.8 Å². The Kier molecular flexibility index (Phi) is 3.08. The summed E-state index contributed by atoms with van der Waals surface area (Å²) in [5, 5.41) is 0. The highest BCUT2D eigenvalue weighted by Gasteiger charge is 2.17. The fourth-order valence-corrected chi connectivity index (χ4v) is 2.30. The van der Waals surface area contributed by atoms with Crippen LogP contribution in [0.1, 0.15) is 0 Å². The maximum absolute atomic E-state index is 4.17. The van der Waals surface area contributed by atoms with E-state index in [2.05, 4.69) is 31.9 Å². The summed E-state index contributed by atoms with van der Waals surface area (Å²) in [4.78, 5) is 13.1. The molecule has 0 bridgehead atoms. The average molecular weight is 240 g/mol. The number of hydrogen-bond donors (Lipinski definition) is 0. The lowest BCUT2D eigenvalue weighted by Gasteiger charge is -2.37. The van der Waals surface area contributed by atoms with Crippen molar-refractivity contribution in [1.82, 2.24) is 9.97 Å². The molecule has 0 amide bonds. The van der Waals surface area contributed by atoms with Crippen molar-refractivity contribution in [3.63, 3.8) is 0 Å². The first-order valence-corrected chi connectivity index (χ1v) is 6.23. The van der Waals surface area contributed by atoms with E-state index in [-0.39, 0.29) is 0 Å². The molecule has 0 saturated carbocycles. The number of hydrogen-bond acceptors (Lipinski definition) is 4. The van der Waals surface area contributed by atoms with Gasteiger partial charge in [-0.2, -0.15) is 0 Å². The molecular formula is C14H16N4. The van der Waals surface area contributed by atoms with Gasteiger partial charge < -0.3 is 9.80 Å². The van der Waals surface area contributed by atoms with Gasteiger partial charge in [0.25, 0.3) is 0 Å². The summed E-state index contributed by atoms with van der Waals surface area (Å²) in [6.45, 7) is 4.11. The lowest BCUT2D eigenvalue weighted by molar-refractivity contribution is 0.652. The zero-order valence-electron chi connectivity index (χ0n) is 10.2. The van der Waals surface area contributed by atoms with Gasteiger partial charge in [0.2, 0.25) is 0 Å². The Balaban J connectivity index is 1.65. The molecule has 1 fully saturated rings. The molecule has 92 valence electrons. The van der Waals surface area contributed by atoms with Crippen LogP contribution < -0.4 is 9.80 Å². The quantitative estimate of drug-likeness (QED) is 0.801. The second-order valence-electron chi connectivity index (χ2n) is 4.40. The normalized spacial score (nSPS) is 15.8. The fraction of sp³-hybridized carbons (Fsp3) is 0.286. The van der Waals surface area contributed by atoms with E-state index in [0.29, 0.717) is 0 Å². The predicted molar refractivity (Wildman–Crippen MR) is 72.9 cm³/mol. The first kappa shape index (κ1) is 11.0. The highest BCUT2D eigenvalue weighted by atomic mass is 15.3. The summed E-state index contributed by atoms with van der Waals surface area (Å²) in [5.74, 6) is 0. The Morgan fingerprint density at radius 1 is 0.722 bits per heavy atom. The third-order valence-electron chi connectivity index (χ3n) is 3.30. The van der Waals surface area contributed by atoms with Gasteiger partial charge in [0, 0.05) is 38.6 Å².